The molecule has 0 unspecified atom stereocenters. The number of benzene rings is 1. The summed E-state index contributed by atoms with van der Waals surface area (Å²) < 4.78 is 48.2. The Morgan fingerprint density at radius 3 is 2.18 bits per heavy atom. The molecule has 0 atom stereocenters. The van der Waals surface area contributed by atoms with Crippen molar-refractivity contribution in [3.8, 4) is 0 Å². The summed E-state index contributed by atoms with van der Waals surface area (Å²) in [6, 6.07) is 5.07. The van der Waals surface area contributed by atoms with Crippen LogP contribution in [0.4, 0.5) is 13.2 Å². The molecule has 1 aromatic carbocycles. The monoisotopic (exact) mass is 266 g/mol. The van der Waals surface area contributed by atoms with Gasteiger partial charge in [-0.05, 0) is 32.0 Å². The van der Waals surface area contributed by atoms with Crippen LogP contribution in [0.2, 0.25) is 0 Å². The van der Waals surface area contributed by atoms with Gasteiger partial charge in [0, 0.05) is 5.30 Å². The van der Waals surface area contributed by atoms with Gasteiger partial charge in [-0.1, -0.05) is 6.07 Å². The third-order valence-corrected chi connectivity index (χ3v) is 3.56. The number of alkyl halides is 3. The van der Waals surface area contributed by atoms with Crippen molar-refractivity contribution in [1.82, 2.24) is 0 Å². The fourth-order valence-corrected chi connectivity index (χ4v) is 2.51. The van der Waals surface area contributed by atoms with Gasteiger partial charge in [0.25, 0.3) is 0 Å². The summed E-state index contributed by atoms with van der Waals surface area (Å²) in [5.41, 5.74) is -0.679. The average Bonchev–Trinajstić information content (AvgIpc) is 2.28. The predicted octanol–water partition coefficient (Wildman–Crippen LogP) is 3.72. The van der Waals surface area contributed by atoms with Crippen molar-refractivity contribution < 1.29 is 22.2 Å². The Balaban J connectivity index is 2.95. The lowest BCUT2D eigenvalue weighted by atomic mass is 10.2. The van der Waals surface area contributed by atoms with Crippen molar-refractivity contribution in [3.63, 3.8) is 0 Å². The number of hydrogen-bond donors (Lipinski definition) is 0. The molecule has 0 amide bonds. The van der Waals surface area contributed by atoms with Gasteiger partial charge in [0.15, 0.2) is 0 Å². The first-order valence-electron chi connectivity index (χ1n) is 5.22. The van der Waals surface area contributed by atoms with E-state index in [2.05, 4.69) is 0 Å². The third-order valence-electron chi connectivity index (χ3n) is 1.88. The van der Waals surface area contributed by atoms with Gasteiger partial charge in [-0.15, -0.1) is 0 Å². The van der Waals surface area contributed by atoms with Crippen LogP contribution in [-0.4, -0.2) is 13.2 Å². The van der Waals surface area contributed by atoms with Gasteiger partial charge in [-0.3, -0.25) is 0 Å². The molecule has 0 radical (unpaired) electrons. The molecule has 0 aromatic heterocycles. The minimum atomic E-state index is -4.34. The van der Waals surface area contributed by atoms with Crippen molar-refractivity contribution in [2.75, 3.05) is 13.2 Å². The zero-order chi connectivity index (χ0) is 12.9. The zero-order valence-corrected chi connectivity index (χ0v) is 10.5. The van der Waals surface area contributed by atoms with E-state index in [1.807, 2.05) is 0 Å². The Morgan fingerprint density at radius 2 is 1.71 bits per heavy atom. The molecule has 2 nitrogen and oxygen atoms in total. The maximum absolute atomic E-state index is 12.5. The van der Waals surface area contributed by atoms with E-state index in [0.717, 1.165) is 12.1 Å². The smallest absolute Gasteiger partial charge is 0.331 e. The first-order chi connectivity index (χ1) is 7.99. The minimum absolute atomic E-state index is 0.405. The molecule has 0 saturated heterocycles. The van der Waals surface area contributed by atoms with Crippen molar-refractivity contribution in [1.29, 1.82) is 0 Å². The van der Waals surface area contributed by atoms with Crippen molar-refractivity contribution >= 4 is 13.7 Å². The second kappa shape index (κ2) is 6.34. The molecule has 0 aliphatic rings. The first-order valence-corrected chi connectivity index (χ1v) is 6.40. The van der Waals surface area contributed by atoms with Crippen LogP contribution in [0.5, 0.6) is 0 Å². The summed E-state index contributed by atoms with van der Waals surface area (Å²) in [4.78, 5) is 0. The van der Waals surface area contributed by atoms with E-state index < -0.39 is 20.1 Å². The summed E-state index contributed by atoms with van der Waals surface area (Å²) in [5, 5.41) is 0.443. The molecular weight excluding hydrogens is 252 g/mol. The molecule has 0 bridgehead atoms. The van der Waals surface area contributed by atoms with Crippen LogP contribution in [0.1, 0.15) is 19.4 Å². The van der Waals surface area contributed by atoms with Gasteiger partial charge in [-0.2, -0.15) is 13.2 Å². The molecule has 0 heterocycles. The fourth-order valence-electron chi connectivity index (χ4n) is 1.22. The largest absolute Gasteiger partial charge is 0.416 e. The van der Waals surface area contributed by atoms with E-state index in [1.54, 1.807) is 19.9 Å². The van der Waals surface area contributed by atoms with Gasteiger partial charge in [0.1, 0.15) is 0 Å². The van der Waals surface area contributed by atoms with E-state index in [0.29, 0.717) is 18.5 Å². The summed E-state index contributed by atoms with van der Waals surface area (Å²) in [6.45, 7) is 4.37. The maximum Gasteiger partial charge on any atom is 0.416 e. The van der Waals surface area contributed by atoms with Gasteiger partial charge >= 0.3 is 6.18 Å². The second-order valence-corrected chi connectivity index (χ2v) is 4.69. The second-order valence-electron chi connectivity index (χ2n) is 3.14. The number of hydrogen-bond acceptors (Lipinski definition) is 2. The van der Waals surface area contributed by atoms with Gasteiger partial charge in [0.05, 0.1) is 18.8 Å². The quantitative estimate of drug-likeness (QED) is 0.756. The minimum Gasteiger partial charge on any atom is -0.331 e. The highest BCUT2D eigenvalue weighted by Gasteiger charge is 2.31. The predicted molar refractivity (Wildman–Crippen MR) is 61.3 cm³/mol. The fraction of sp³-hybridized carbons (Fsp3) is 0.455. The van der Waals surface area contributed by atoms with Crippen molar-refractivity contribution in [2.45, 2.75) is 20.0 Å². The molecule has 0 saturated carbocycles. The zero-order valence-electron chi connectivity index (χ0n) is 9.62. The molecule has 0 aliphatic carbocycles. The molecule has 6 heteroatoms. The Labute approximate surface area is 99.7 Å². The van der Waals surface area contributed by atoms with Crippen LogP contribution < -0.4 is 5.30 Å². The van der Waals surface area contributed by atoms with Crippen LogP contribution in [0.25, 0.3) is 0 Å². The highest BCUT2D eigenvalue weighted by Crippen LogP contribution is 2.38. The highest BCUT2D eigenvalue weighted by atomic mass is 31.2. The molecule has 17 heavy (non-hydrogen) atoms. The average molecular weight is 266 g/mol. The van der Waals surface area contributed by atoms with E-state index in [-0.39, 0.29) is 0 Å². The first kappa shape index (κ1) is 14.4. The maximum atomic E-state index is 12.5. The Hall–Kier alpha value is -0.640. The molecule has 1 aromatic rings. The van der Waals surface area contributed by atoms with E-state index in [9.17, 15) is 13.2 Å². The third kappa shape index (κ3) is 4.26. The normalized spacial score (nSPS) is 12.1. The van der Waals surface area contributed by atoms with E-state index >= 15 is 0 Å². The summed E-state index contributed by atoms with van der Waals surface area (Å²) in [6.07, 6.45) is -4.34. The van der Waals surface area contributed by atoms with Gasteiger partial charge in [0.2, 0.25) is 8.38 Å². The lowest BCUT2D eigenvalue weighted by Gasteiger charge is -2.17. The molecule has 1 rings (SSSR count). The number of rotatable bonds is 5. The Morgan fingerprint density at radius 1 is 1.12 bits per heavy atom. The Kier molecular flexibility index (Phi) is 5.37. The molecule has 0 N–H and O–H groups in total. The van der Waals surface area contributed by atoms with Crippen molar-refractivity contribution in [3.05, 3.63) is 29.8 Å². The van der Waals surface area contributed by atoms with Crippen molar-refractivity contribution in [2.24, 2.45) is 0 Å². The highest BCUT2D eigenvalue weighted by molar-refractivity contribution is 7.56. The van der Waals surface area contributed by atoms with Crippen LogP contribution >= 0.6 is 8.38 Å². The SMILES string of the molecule is CCOP(OCC)c1cccc(C(F)(F)F)c1. The summed E-state index contributed by atoms with van der Waals surface area (Å²) in [7, 11) is -1.42. The standard InChI is InChI=1S/C11H14F3O2P/c1-3-15-17(16-4-2)10-7-5-6-9(8-10)11(12,13)14/h5-8H,3-4H2,1-2H3. The molecule has 0 aliphatic heterocycles. The Bertz CT molecular complexity index is 349. The van der Waals surface area contributed by atoms with E-state index in [4.69, 9.17) is 9.05 Å². The van der Waals surface area contributed by atoms with Crippen LogP contribution in [0.3, 0.4) is 0 Å². The molecular formula is C11H14F3O2P. The van der Waals surface area contributed by atoms with Crippen LogP contribution in [-0.2, 0) is 15.2 Å². The summed E-state index contributed by atoms with van der Waals surface area (Å²) in [5.74, 6) is 0. The van der Waals surface area contributed by atoms with Gasteiger partial charge in [-0.25, -0.2) is 0 Å². The lowest BCUT2D eigenvalue weighted by molar-refractivity contribution is -0.137. The topological polar surface area (TPSA) is 18.5 Å². The number of halogens is 3. The summed E-state index contributed by atoms with van der Waals surface area (Å²) >= 11 is 0. The molecule has 0 spiro atoms. The lowest BCUT2D eigenvalue weighted by Crippen LogP contribution is -2.12. The molecule has 0 fully saturated rings. The van der Waals surface area contributed by atoms with Gasteiger partial charge < -0.3 is 9.05 Å². The van der Waals surface area contributed by atoms with E-state index in [1.165, 1.54) is 6.07 Å². The van der Waals surface area contributed by atoms with Crippen LogP contribution in [0, 0.1) is 0 Å². The molecule has 96 valence electrons. The van der Waals surface area contributed by atoms with Crippen LogP contribution in [0.15, 0.2) is 24.3 Å².